The molecule has 6 rings (SSSR count). The van der Waals surface area contributed by atoms with E-state index in [1.165, 1.54) is 13.2 Å². The highest BCUT2D eigenvalue weighted by molar-refractivity contribution is 7.98. The number of nitrogens with zero attached hydrogens (tertiary/aromatic N) is 2. The maximum atomic E-state index is 14.3. The Hall–Kier alpha value is -5.04. The van der Waals surface area contributed by atoms with Crippen LogP contribution in [-0.2, 0) is 25.7 Å². The van der Waals surface area contributed by atoms with E-state index in [1.54, 1.807) is 67.2 Å². The predicted octanol–water partition coefficient (Wildman–Crippen LogP) is 6.16. The summed E-state index contributed by atoms with van der Waals surface area (Å²) in [4.78, 5) is 68.9. The minimum atomic E-state index is -0.949. The molecule has 1 saturated heterocycles. The van der Waals surface area contributed by atoms with Gasteiger partial charge in [-0.25, -0.2) is 4.79 Å². The van der Waals surface area contributed by atoms with Gasteiger partial charge < -0.3 is 34.5 Å². The molecule has 13 heteroatoms. The number of ketones is 1. The summed E-state index contributed by atoms with van der Waals surface area (Å²) in [5.41, 5.74) is 1.53. The summed E-state index contributed by atoms with van der Waals surface area (Å²) in [5, 5.41) is 26.6. The van der Waals surface area contributed by atoms with Crippen LogP contribution in [0.15, 0.2) is 59.4 Å². The maximum Gasteiger partial charge on any atom is 0.342 e. The van der Waals surface area contributed by atoms with Crippen LogP contribution in [0.25, 0.3) is 6.08 Å². The number of pyridine rings is 1. The highest BCUT2D eigenvalue weighted by Gasteiger charge is 2.39. The molecule has 3 aromatic rings. The van der Waals surface area contributed by atoms with Crippen molar-refractivity contribution in [2.24, 2.45) is 5.92 Å². The van der Waals surface area contributed by atoms with E-state index in [4.69, 9.17) is 9.47 Å². The van der Waals surface area contributed by atoms with E-state index in [2.05, 4.69) is 5.32 Å². The number of aromatic nitrogens is 1. The zero-order valence-corrected chi connectivity index (χ0v) is 33.7. The fourth-order valence-corrected chi connectivity index (χ4v) is 8.94. The van der Waals surface area contributed by atoms with Crippen LogP contribution < -0.4 is 15.6 Å². The normalized spacial score (nSPS) is 21.5. The van der Waals surface area contributed by atoms with Crippen LogP contribution >= 0.6 is 11.8 Å². The fraction of sp³-hybridized carbons (Fsp3) is 0.477. The molecule has 57 heavy (non-hydrogen) atoms. The SMILES string of the molecule is COc1ccc(C(CC(=O)NC(CCSC)C(=O)N2C[C@H]3C[C@@H](C2)c2cccc(=O)n2C3)c2c(O)cc3c(c2O)C(=O)O[C@@H](C)CCCC(=O)CCC/C=C/3)cc1. The Morgan fingerprint density at radius 3 is 2.56 bits per heavy atom. The number of fused-ring (bicyclic) bond motifs is 5. The van der Waals surface area contributed by atoms with Gasteiger partial charge in [-0.2, -0.15) is 11.8 Å². The number of rotatable bonds is 10. The van der Waals surface area contributed by atoms with Crippen molar-refractivity contribution < 1.29 is 38.9 Å². The number of carbonyl (C=O) groups excluding carboxylic acids is 4. The van der Waals surface area contributed by atoms with Crippen molar-refractivity contribution in [3.63, 3.8) is 0 Å². The number of nitrogens with one attached hydrogen (secondary N) is 1. The number of aromatic hydroxyl groups is 2. The topological polar surface area (TPSA) is 164 Å². The second-order valence-electron chi connectivity index (χ2n) is 15.4. The number of hydrogen-bond donors (Lipinski definition) is 3. The third-order valence-electron chi connectivity index (χ3n) is 11.3. The van der Waals surface area contributed by atoms with Crippen molar-refractivity contribution in [1.82, 2.24) is 14.8 Å². The largest absolute Gasteiger partial charge is 0.507 e. The van der Waals surface area contributed by atoms with Gasteiger partial charge in [-0.3, -0.25) is 19.2 Å². The lowest BCUT2D eigenvalue weighted by Gasteiger charge is -2.43. The van der Waals surface area contributed by atoms with E-state index in [0.717, 1.165) is 12.1 Å². The lowest BCUT2D eigenvalue weighted by Crippen LogP contribution is -2.55. The van der Waals surface area contributed by atoms with Crippen LogP contribution in [0.1, 0.15) is 109 Å². The zero-order valence-electron chi connectivity index (χ0n) is 32.9. The molecule has 5 atom stereocenters. The standard InChI is InChI=1S/C44H53N3O9S/c1-27-9-7-12-32(48)11-6-4-5-10-30-22-37(49)41(42(52)40(30)44(54)56-27)34(29-15-17-33(55-2)18-16-29)23-38(50)45-35(19-20-57-3)43(53)46-24-28-21-31(26-46)36-13-8-14-39(51)47(36)25-28/h5,8,10,13-18,22,27-28,31,34-35,49,52H,4,6-7,9,11-12,19-21,23-26H2,1-3H3,(H,45,50)/b10-5+/t27-,28+,31-,34?,35?/m0/s1. The lowest BCUT2D eigenvalue weighted by molar-refractivity contribution is -0.139. The first-order valence-corrected chi connectivity index (χ1v) is 21.3. The molecule has 1 aromatic heterocycles. The summed E-state index contributed by atoms with van der Waals surface area (Å²) in [6, 6.07) is 12.7. The Morgan fingerprint density at radius 1 is 1.04 bits per heavy atom. The smallest absolute Gasteiger partial charge is 0.342 e. The van der Waals surface area contributed by atoms with E-state index in [-0.39, 0.29) is 57.9 Å². The van der Waals surface area contributed by atoms with Gasteiger partial charge in [0.15, 0.2) is 0 Å². The minimum absolute atomic E-state index is 0.0142. The lowest BCUT2D eigenvalue weighted by atomic mass is 9.83. The second-order valence-corrected chi connectivity index (χ2v) is 16.4. The van der Waals surface area contributed by atoms with Crippen LogP contribution in [0.5, 0.6) is 17.2 Å². The molecule has 3 aliphatic rings. The number of benzene rings is 2. The number of Topliss-reactive ketones (excluding diaryl/α,β-unsaturated/α-hetero) is 1. The summed E-state index contributed by atoms with van der Waals surface area (Å²) >= 11 is 1.57. The van der Waals surface area contributed by atoms with Crippen LogP contribution in [0.4, 0.5) is 0 Å². The monoisotopic (exact) mass is 799 g/mol. The molecular formula is C44H53N3O9S. The van der Waals surface area contributed by atoms with Crippen molar-refractivity contribution in [2.45, 2.75) is 95.2 Å². The van der Waals surface area contributed by atoms with Gasteiger partial charge in [-0.1, -0.05) is 30.4 Å². The number of cyclic esters (lactones) is 1. The second kappa shape index (κ2) is 18.9. The molecule has 1 fully saturated rings. The van der Waals surface area contributed by atoms with Crippen LogP contribution in [0.3, 0.4) is 0 Å². The van der Waals surface area contributed by atoms with E-state index in [9.17, 15) is 34.2 Å². The average Bonchev–Trinajstić information content (AvgIpc) is 3.18. The number of likely N-dealkylation sites (tertiary alicyclic amines) is 1. The minimum Gasteiger partial charge on any atom is -0.507 e. The van der Waals surface area contributed by atoms with Gasteiger partial charge in [-0.15, -0.1) is 0 Å². The Kier molecular flexibility index (Phi) is 13.8. The zero-order chi connectivity index (χ0) is 40.6. The van der Waals surface area contributed by atoms with Crippen molar-refractivity contribution in [3.8, 4) is 17.2 Å². The number of amides is 2. The molecule has 2 aromatic carbocycles. The first kappa shape index (κ1) is 41.6. The fourth-order valence-electron chi connectivity index (χ4n) is 8.47. The molecule has 0 saturated carbocycles. The number of thioether (sulfide) groups is 1. The van der Waals surface area contributed by atoms with Gasteiger partial charge in [-0.05, 0) is 98.8 Å². The van der Waals surface area contributed by atoms with Crippen molar-refractivity contribution in [2.75, 3.05) is 32.2 Å². The number of ether oxygens (including phenoxy) is 2. The summed E-state index contributed by atoms with van der Waals surface area (Å²) in [5.74, 6) is -1.76. The van der Waals surface area contributed by atoms with Crippen molar-refractivity contribution in [1.29, 1.82) is 0 Å². The molecule has 3 aliphatic heterocycles. The third kappa shape index (κ3) is 9.92. The Balaban J connectivity index is 1.31. The predicted molar refractivity (Wildman–Crippen MR) is 219 cm³/mol. The quantitative estimate of drug-likeness (QED) is 0.203. The summed E-state index contributed by atoms with van der Waals surface area (Å²) in [7, 11) is 1.53. The molecule has 4 heterocycles. The molecule has 304 valence electrons. The molecule has 2 amide bonds. The van der Waals surface area contributed by atoms with Gasteiger partial charge in [0.25, 0.3) is 5.56 Å². The number of phenolic OH excluding ortho intramolecular Hbond substituents is 2. The highest BCUT2D eigenvalue weighted by Crippen LogP contribution is 2.44. The number of phenols is 2. The van der Waals surface area contributed by atoms with E-state index >= 15 is 0 Å². The molecule has 0 radical (unpaired) electrons. The summed E-state index contributed by atoms with van der Waals surface area (Å²) in [6.07, 6.45) is 8.86. The number of piperidine rings is 1. The highest BCUT2D eigenvalue weighted by atomic mass is 32.2. The van der Waals surface area contributed by atoms with Gasteiger partial charge in [0.2, 0.25) is 11.8 Å². The van der Waals surface area contributed by atoms with Gasteiger partial charge in [0.1, 0.15) is 34.6 Å². The van der Waals surface area contributed by atoms with Crippen LogP contribution in [0.2, 0.25) is 0 Å². The number of carbonyl (C=O) groups is 4. The molecule has 0 spiro atoms. The molecule has 12 nitrogen and oxygen atoms in total. The molecule has 3 N–H and O–H groups in total. The molecule has 0 aliphatic carbocycles. The Morgan fingerprint density at radius 2 is 1.81 bits per heavy atom. The molecule has 2 unspecified atom stereocenters. The number of esters is 1. The molecular weight excluding hydrogens is 747 g/mol. The van der Waals surface area contributed by atoms with E-state index in [0.29, 0.717) is 81.6 Å². The maximum absolute atomic E-state index is 14.3. The number of allylic oxidation sites excluding steroid dienone is 1. The third-order valence-corrected chi connectivity index (χ3v) is 12.0. The summed E-state index contributed by atoms with van der Waals surface area (Å²) in [6.45, 7) is 3.20. The van der Waals surface area contributed by atoms with Crippen LogP contribution in [-0.4, -0.2) is 87.6 Å². The average molecular weight is 800 g/mol. The summed E-state index contributed by atoms with van der Waals surface area (Å²) < 4.78 is 13.0. The number of hydrogen-bond acceptors (Lipinski definition) is 10. The van der Waals surface area contributed by atoms with E-state index in [1.807, 2.05) is 21.8 Å². The Bertz CT molecular complexity index is 2050. The van der Waals surface area contributed by atoms with Crippen molar-refractivity contribution in [3.05, 3.63) is 92.9 Å². The first-order valence-electron chi connectivity index (χ1n) is 19.9. The Labute approximate surface area is 337 Å². The number of methoxy groups -OCH3 is 1. The van der Waals surface area contributed by atoms with Crippen molar-refractivity contribution >= 4 is 41.4 Å². The molecule has 2 bridgehead atoms. The first-order chi connectivity index (χ1) is 27.5. The van der Waals surface area contributed by atoms with Gasteiger partial charge >= 0.3 is 5.97 Å². The van der Waals surface area contributed by atoms with Gasteiger partial charge in [0, 0.05) is 68.1 Å². The van der Waals surface area contributed by atoms with Crippen LogP contribution in [0, 0.1) is 5.92 Å². The van der Waals surface area contributed by atoms with Gasteiger partial charge in [0.05, 0.1) is 13.2 Å². The van der Waals surface area contributed by atoms with E-state index < -0.39 is 35.7 Å².